The van der Waals surface area contributed by atoms with Crippen molar-refractivity contribution >= 4 is 28.6 Å². The lowest BCUT2D eigenvalue weighted by Gasteiger charge is -2.14. The Morgan fingerprint density at radius 1 is 1.09 bits per heavy atom. The molecule has 1 saturated heterocycles. The molecule has 112 valence electrons. The van der Waals surface area contributed by atoms with E-state index in [4.69, 9.17) is 11.6 Å². The SMILES string of the molecule is Cn1c(-c2cnc(N3CCCC3)nc2)nc2cc(Cl)ccc21. The summed E-state index contributed by atoms with van der Waals surface area (Å²) in [6, 6.07) is 5.73. The molecule has 0 unspecified atom stereocenters. The summed E-state index contributed by atoms with van der Waals surface area (Å²) in [7, 11) is 1.99. The molecule has 6 heteroatoms. The van der Waals surface area contributed by atoms with Crippen LogP contribution in [-0.2, 0) is 7.05 Å². The van der Waals surface area contributed by atoms with Gasteiger partial charge in [-0.1, -0.05) is 11.6 Å². The van der Waals surface area contributed by atoms with Gasteiger partial charge in [0.15, 0.2) is 0 Å². The fourth-order valence-corrected chi connectivity index (χ4v) is 3.11. The van der Waals surface area contributed by atoms with Crippen molar-refractivity contribution in [2.24, 2.45) is 7.05 Å². The highest BCUT2D eigenvalue weighted by atomic mass is 35.5. The average Bonchev–Trinajstić information content (AvgIpc) is 3.16. The van der Waals surface area contributed by atoms with E-state index in [1.807, 2.05) is 42.2 Å². The van der Waals surface area contributed by atoms with E-state index in [1.54, 1.807) is 0 Å². The number of nitrogens with zero attached hydrogens (tertiary/aromatic N) is 5. The normalized spacial score (nSPS) is 14.9. The smallest absolute Gasteiger partial charge is 0.225 e. The molecule has 0 radical (unpaired) electrons. The molecule has 0 bridgehead atoms. The van der Waals surface area contributed by atoms with E-state index < -0.39 is 0 Å². The van der Waals surface area contributed by atoms with Gasteiger partial charge in [-0.15, -0.1) is 0 Å². The van der Waals surface area contributed by atoms with Crippen molar-refractivity contribution in [2.75, 3.05) is 18.0 Å². The molecule has 1 aromatic carbocycles. The number of benzene rings is 1. The maximum atomic E-state index is 6.04. The first-order valence-electron chi connectivity index (χ1n) is 7.42. The first kappa shape index (κ1) is 13.5. The maximum Gasteiger partial charge on any atom is 0.225 e. The summed E-state index contributed by atoms with van der Waals surface area (Å²) in [6.45, 7) is 2.09. The fraction of sp³-hybridized carbons (Fsp3) is 0.312. The van der Waals surface area contributed by atoms with E-state index in [9.17, 15) is 0 Å². The second-order valence-electron chi connectivity index (χ2n) is 5.59. The number of imidazole rings is 1. The van der Waals surface area contributed by atoms with Crippen LogP contribution in [0.2, 0.25) is 5.02 Å². The standard InChI is InChI=1S/C16H16ClN5/c1-21-14-5-4-12(17)8-13(14)20-15(21)11-9-18-16(19-10-11)22-6-2-3-7-22/h4-5,8-10H,2-3,6-7H2,1H3. The van der Waals surface area contributed by atoms with Crippen LogP contribution in [0.3, 0.4) is 0 Å². The highest BCUT2D eigenvalue weighted by molar-refractivity contribution is 6.31. The number of hydrogen-bond donors (Lipinski definition) is 0. The Morgan fingerprint density at radius 3 is 2.55 bits per heavy atom. The summed E-state index contributed by atoms with van der Waals surface area (Å²) in [5.74, 6) is 1.66. The molecule has 0 N–H and O–H groups in total. The van der Waals surface area contributed by atoms with Crippen molar-refractivity contribution in [3.05, 3.63) is 35.6 Å². The molecule has 3 aromatic rings. The molecule has 0 spiro atoms. The summed E-state index contributed by atoms with van der Waals surface area (Å²) in [6.07, 6.45) is 6.14. The lowest BCUT2D eigenvalue weighted by molar-refractivity contribution is 0.894. The van der Waals surface area contributed by atoms with E-state index in [1.165, 1.54) is 12.8 Å². The van der Waals surface area contributed by atoms with Gasteiger partial charge in [0, 0.05) is 37.6 Å². The minimum absolute atomic E-state index is 0.692. The number of rotatable bonds is 2. The number of halogens is 1. The summed E-state index contributed by atoms with van der Waals surface area (Å²) < 4.78 is 2.04. The Bertz CT molecular complexity index is 818. The van der Waals surface area contributed by atoms with Crippen LogP contribution < -0.4 is 4.90 Å². The van der Waals surface area contributed by atoms with Crippen LogP contribution in [0.1, 0.15) is 12.8 Å². The first-order valence-corrected chi connectivity index (χ1v) is 7.79. The van der Waals surface area contributed by atoms with Gasteiger partial charge < -0.3 is 9.47 Å². The minimum Gasteiger partial charge on any atom is -0.341 e. The van der Waals surface area contributed by atoms with Crippen LogP contribution in [0.25, 0.3) is 22.4 Å². The molecule has 5 nitrogen and oxygen atoms in total. The van der Waals surface area contributed by atoms with Crippen LogP contribution in [0.5, 0.6) is 0 Å². The maximum absolute atomic E-state index is 6.04. The van der Waals surface area contributed by atoms with Gasteiger partial charge in [0.2, 0.25) is 5.95 Å². The van der Waals surface area contributed by atoms with Gasteiger partial charge in [0.1, 0.15) is 5.82 Å². The molecule has 0 atom stereocenters. The second kappa shape index (κ2) is 5.25. The van der Waals surface area contributed by atoms with Crippen molar-refractivity contribution in [3.8, 4) is 11.4 Å². The summed E-state index contributed by atoms with van der Waals surface area (Å²) >= 11 is 6.04. The van der Waals surface area contributed by atoms with E-state index in [-0.39, 0.29) is 0 Å². The molecule has 0 aliphatic carbocycles. The van der Waals surface area contributed by atoms with Crippen molar-refractivity contribution in [3.63, 3.8) is 0 Å². The summed E-state index contributed by atoms with van der Waals surface area (Å²) in [5.41, 5.74) is 2.84. The highest BCUT2D eigenvalue weighted by Crippen LogP contribution is 2.25. The second-order valence-corrected chi connectivity index (χ2v) is 6.03. The molecule has 0 saturated carbocycles. The minimum atomic E-state index is 0.692. The quantitative estimate of drug-likeness (QED) is 0.728. The van der Waals surface area contributed by atoms with Gasteiger partial charge in [-0.3, -0.25) is 0 Å². The topological polar surface area (TPSA) is 46.8 Å². The third-order valence-corrected chi connectivity index (χ3v) is 4.36. The Kier molecular flexibility index (Phi) is 3.22. The van der Waals surface area contributed by atoms with Crippen molar-refractivity contribution in [1.82, 2.24) is 19.5 Å². The van der Waals surface area contributed by atoms with E-state index >= 15 is 0 Å². The predicted molar refractivity (Wildman–Crippen MR) is 88.2 cm³/mol. The fourth-order valence-electron chi connectivity index (χ4n) is 2.95. The lowest BCUT2D eigenvalue weighted by atomic mass is 10.3. The Labute approximate surface area is 133 Å². The van der Waals surface area contributed by atoms with E-state index in [0.29, 0.717) is 5.02 Å². The molecular weight excluding hydrogens is 298 g/mol. The van der Waals surface area contributed by atoms with Gasteiger partial charge in [0.25, 0.3) is 0 Å². The number of hydrogen-bond acceptors (Lipinski definition) is 4. The number of aromatic nitrogens is 4. The van der Waals surface area contributed by atoms with Crippen LogP contribution in [0.4, 0.5) is 5.95 Å². The zero-order valence-corrected chi connectivity index (χ0v) is 13.1. The van der Waals surface area contributed by atoms with Gasteiger partial charge in [-0.2, -0.15) is 0 Å². The molecule has 22 heavy (non-hydrogen) atoms. The summed E-state index contributed by atoms with van der Waals surface area (Å²) in [4.78, 5) is 15.9. The van der Waals surface area contributed by atoms with E-state index in [2.05, 4.69) is 19.9 Å². The zero-order valence-electron chi connectivity index (χ0n) is 12.3. The number of anilines is 1. The van der Waals surface area contributed by atoms with Gasteiger partial charge in [-0.05, 0) is 31.0 Å². The van der Waals surface area contributed by atoms with Crippen molar-refractivity contribution < 1.29 is 0 Å². The molecule has 3 heterocycles. The third kappa shape index (κ3) is 2.22. The molecule has 2 aromatic heterocycles. The lowest BCUT2D eigenvalue weighted by Crippen LogP contribution is -2.20. The predicted octanol–water partition coefficient (Wildman–Crippen LogP) is 3.28. The highest BCUT2D eigenvalue weighted by Gasteiger charge is 2.16. The van der Waals surface area contributed by atoms with Gasteiger partial charge in [0.05, 0.1) is 16.6 Å². The molecule has 4 rings (SSSR count). The molecular formula is C16H16ClN5. The molecule has 0 amide bonds. The molecule has 1 fully saturated rings. The van der Waals surface area contributed by atoms with Crippen LogP contribution in [0, 0.1) is 0 Å². The van der Waals surface area contributed by atoms with E-state index in [0.717, 1.165) is 41.5 Å². The van der Waals surface area contributed by atoms with Gasteiger partial charge >= 0.3 is 0 Å². The Morgan fingerprint density at radius 2 is 1.82 bits per heavy atom. The molecule has 1 aliphatic heterocycles. The number of fused-ring (bicyclic) bond motifs is 1. The van der Waals surface area contributed by atoms with Crippen LogP contribution >= 0.6 is 11.6 Å². The monoisotopic (exact) mass is 313 g/mol. The van der Waals surface area contributed by atoms with Crippen molar-refractivity contribution in [2.45, 2.75) is 12.8 Å². The number of aryl methyl sites for hydroxylation is 1. The van der Waals surface area contributed by atoms with Gasteiger partial charge in [-0.25, -0.2) is 15.0 Å². The average molecular weight is 314 g/mol. The first-order chi connectivity index (χ1) is 10.7. The van der Waals surface area contributed by atoms with Crippen LogP contribution in [0.15, 0.2) is 30.6 Å². The van der Waals surface area contributed by atoms with Crippen molar-refractivity contribution in [1.29, 1.82) is 0 Å². The molecule has 1 aliphatic rings. The Balaban J connectivity index is 1.73. The third-order valence-electron chi connectivity index (χ3n) is 4.13. The largest absolute Gasteiger partial charge is 0.341 e. The zero-order chi connectivity index (χ0) is 15.1. The Hall–Kier alpha value is -2.14. The van der Waals surface area contributed by atoms with Crippen LogP contribution in [-0.4, -0.2) is 32.6 Å². The summed E-state index contributed by atoms with van der Waals surface area (Å²) in [5, 5.41) is 0.692.